The van der Waals surface area contributed by atoms with Crippen LogP contribution in [-0.2, 0) is 14.3 Å². The molecule has 0 aromatic heterocycles. The van der Waals surface area contributed by atoms with Gasteiger partial charge in [0.15, 0.2) is 0 Å². The molecule has 0 aromatic rings. The topological polar surface area (TPSA) is 78.4 Å². The molecule has 0 heterocycles. The minimum Gasteiger partial charge on any atom is -0.344 e. The van der Waals surface area contributed by atoms with Gasteiger partial charge in [0.25, 0.3) is 10.1 Å². The summed E-state index contributed by atoms with van der Waals surface area (Å²) in [6.45, 7) is 2.31. The second kappa shape index (κ2) is 29.7. The quantitative estimate of drug-likeness (QED) is 0.0475. The molecule has 250 valence electrons. The average Bonchev–Trinajstić information content (AvgIpc) is 2.90. The molecule has 0 aliphatic carbocycles. The first-order valence-corrected chi connectivity index (χ1v) is 18.2. The zero-order valence-corrected chi connectivity index (χ0v) is 27.3. The van der Waals surface area contributed by atoms with Crippen molar-refractivity contribution in [2.75, 3.05) is 6.61 Å². The van der Waals surface area contributed by atoms with Gasteiger partial charge in [0.2, 0.25) is 5.50 Å². The molecular weight excluding hydrogens is 554 g/mol. The summed E-state index contributed by atoms with van der Waals surface area (Å²) in [7, 11) is -4.16. The van der Waals surface area contributed by atoms with Crippen LogP contribution in [0.5, 0.6) is 0 Å². The summed E-state index contributed by atoms with van der Waals surface area (Å²) in [5, 5.41) is 0. The van der Waals surface area contributed by atoms with Gasteiger partial charge in [-0.15, -0.1) is 0 Å². The maximum Gasteiger partial charge on any atom is 0.389 e. The van der Waals surface area contributed by atoms with E-state index in [1.54, 1.807) is 0 Å². The fraction of sp³-hybridized carbons (Fsp3) is 1.00. The molecule has 0 saturated heterocycles. The van der Waals surface area contributed by atoms with Crippen LogP contribution in [0.1, 0.15) is 187 Å². The van der Waals surface area contributed by atoms with Gasteiger partial charge in [0, 0.05) is 6.42 Å². The van der Waals surface area contributed by atoms with E-state index in [0.29, 0.717) is 19.3 Å². The molecule has 0 amide bonds. The minimum atomic E-state index is -4.16. The summed E-state index contributed by atoms with van der Waals surface area (Å²) in [5.41, 5.74) is -1.98. The van der Waals surface area contributed by atoms with Gasteiger partial charge in [-0.05, 0) is 25.7 Å². The fourth-order valence-electron chi connectivity index (χ4n) is 5.09. The molecule has 0 spiro atoms. The van der Waals surface area contributed by atoms with Crippen molar-refractivity contribution in [2.45, 2.75) is 198 Å². The van der Waals surface area contributed by atoms with E-state index in [-0.39, 0.29) is 25.6 Å². The van der Waals surface area contributed by atoms with Gasteiger partial charge < -0.3 is 6.15 Å². The lowest BCUT2D eigenvalue weighted by Gasteiger charge is -2.10. The van der Waals surface area contributed by atoms with E-state index < -0.39 is 28.2 Å². The average molecular weight is 620 g/mol. The maximum absolute atomic E-state index is 14.1. The lowest BCUT2D eigenvalue weighted by Crippen LogP contribution is -2.19. The van der Waals surface area contributed by atoms with Gasteiger partial charge in [0.05, 0.1) is 6.61 Å². The Morgan fingerprint density at radius 3 is 1.22 bits per heavy atom. The van der Waals surface area contributed by atoms with E-state index in [2.05, 4.69) is 6.92 Å². The van der Waals surface area contributed by atoms with Crippen molar-refractivity contribution in [3.05, 3.63) is 0 Å². The Morgan fingerprint density at radius 1 is 0.537 bits per heavy atom. The zero-order chi connectivity index (χ0) is 29.8. The number of rotatable bonds is 31. The molecular formula is C32H65F4NO3S. The Bertz CT molecular complexity index is 633. The van der Waals surface area contributed by atoms with Crippen LogP contribution in [-0.4, -0.2) is 26.7 Å². The predicted molar refractivity (Wildman–Crippen MR) is 166 cm³/mol. The lowest BCUT2D eigenvalue weighted by molar-refractivity contribution is -0.135. The molecule has 1 atom stereocenters. The Morgan fingerprint density at radius 2 is 0.854 bits per heavy atom. The molecule has 0 radical (unpaired) electrons. The number of alkyl halides is 4. The van der Waals surface area contributed by atoms with Crippen molar-refractivity contribution in [3.8, 4) is 0 Å². The fourth-order valence-corrected chi connectivity index (χ4v) is 6.04. The predicted octanol–water partition coefficient (Wildman–Crippen LogP) is 12.3. The highest BCUT2D eigenvalue weighted by Gasteiger charge is 2.26. The van der Waals surface area contributed by atoms with Gasteiger partial charge in [-0.3, -0.25) is 4.18 Å². The Labute approximate surface area is 251 Å². The van der Waals surface area contributed by atoms with Crippen LogP contribution in [0.4, 0.5) is 17.6 Å². The third-order valence-corrected chi connectivity index (χ3v) is 9.06. The largest absolute Gasteiger partial charge is 0.389 e. The molecule has 0 saturated carbocycles. The molecule has 3 N–H and O–H groups in total. The summed E-state index contributed by atoms with van der Waals surface area (Å²) < 4.78 is 79.2. The van der Waals surface area contributed by atoms with E-state index >= 15 is 0 Å². The molecule has 1 unspecified atom stereocenters. The van der Waals surface area contributed by atoms with E-state index in [4.69, 9.17) is 4.18 Å². The first-order chi connectivity index (χ1) is 19.2. The molecule has 0 aliphatic heterocycles. The highest BCUT2D eigenvalue weighted by Crippen LogP contribution is 2.23. The maximum atomic E-state index is 14.1. The van der Waals surface area contributed by atoms with Crippen LogP contribution in [0.2, 0.25) is 0 Å². The van der Waals surface area contributed by atoms with Crippen LogP contribution in [0, 0.1) is 0 Å². The Kier molecular flexibility index (Phi) is 30.9. The van der Waals surface area contributed by atoms with Crippen molar-refractivity contribution >= 4 is 10.1 Å². The van der Waals surface area contributed by atoms with Crippen molar-refractivity contribution < 1.29 is 30.2 Å². The third kappa shape index (κ3) is 32.3. The minimum absolute atomic E-state index is 0. The summed E-state index contributed by atoms with van der Waals surface area (Å²) in [6.07, 6.45) is 23.1. The second-order valence-electron chi connectivity index (χ2n) is 11.7. The van der Waals surface area contributed by atoms with E-state index in [9.17, 15) is 26.0 Å². The first-order valence-electron chi connectivity index (χ1n) is 16.8. The van der Waals surface area contributed by atoms with Crippen LogP contribution in [0.25, 0.3) is 0 Å². The number of unbranched alkanes of at least 4 members (excludes halogenated alkanes) is 24. The molecule has 4 nitrogen and oxygen atoms in total. The Balaban J connectivity index is 0. The van der Waals surface area contributed by atoms with Gasteiger partial charge in [0.1, 0.15) is 0 Å². The molecule has 0 aliphatic rings. The van der Waals surface area contributed by atoms with E-state index in [1.165, 1.54) is 89.9 Å². The molecule has 0 fully saturated rings. The Hall–Kier alpha value is -0.410. The van der Waals surface area contributed by atoms with E-state index in [1.807, 2.05) is 0 Å². The summed E-state index contributed by atoms with van der Waals surface area (Å²) in [6, 6.07) is 0. The van der Waals surface area contributed by atoms with Crippen LogP contribution < -0.4 is 6.15 Å². The van der Waals surface area contributed by atoms with Crippen molar-refractivity contribution in [2.24, 2.45) is 0 Å². The van der Waals surface area contributed by atoms with Crippen LogP contribution in [0.15, 0.2) is 0 Å². The highest BCUT2D eigenvalue weighted by atomic mass is 32.2. The highest BCUT2D eigenvalue weighted by molar-refractivity contribution is 7.87. The smallest absolute Gasteiger partial charge is 0.344 e. The molecule has 41 heavy (non-hydrogen) atoms. The standard InChI is InChI=1S/C32H62F4O3S.H3N/c1-2-3-4-5-6-7-8-9-10-11-12-13-14-15-18-21-24-27-30-39-40(37,38)31(33)28-25-22-19-16-17-20-23-26-29-32(34,35)36;/h31H,2-30H2,1H3;1H3. The molecule has 9 heteroatoms. The normalized spacial score (nSPS) is 12.9. The SMILES string of the molecule is CCCCCCCCCCCCCCCCCCCCOS(=O)(=O)C(F)CCCCCCCCCCC(F)(F)F.N. The number of hydrogen-bond acceptors (Lipinski definition) is 4. The molecule has 0 rings (SSSR count). The van der Waals surface area contributed by atoms with Gasteiger partial charge in [-0.25, -0.2) is 4.39 Å². The summed E-state index contributed by atoms with van der Waals surface area (Å²) >= 11 is 0. The van der Waals surface area contributed by atoms with E-state index in [0.717, 1.165) is 51.4 Å². The second-order valence-corrected chi connectivity index (χ2v) is 13.5. The number of hydrogen-bond donors (Lipinski definition) is 1. The molecule has 0 aromatic carbocycles. The molecule has 0 bridgehead atoms. The van der Waals surface area contributed by atoms with Crippen molar-refractivity contribution in [1.82, 2.24) is 6.15 Å². The van der Waals surface area contributed by atoms with Gasteiger partial charge in [-0.2, -0.15) is 21.6 Å². The van der Waals surface area contributed by atoms with Crippen molar-refractivity contribution in [1.29, 1.82) is 0 Å². The van der Waals surface area contributed by atoms with Gasteiger partial charge in [-0.1, -0.05) is 155 Å². The lowest BCUT2D eigenvalue weighted by atomic mass is 10.0. The first kappa shape index (κ1) is 42.7. The number of halogens is 4. The summed E-state index contributed by atoms with van der Waals surface area (Å²) in [4.78, 5) is 0. The van der Waals surface area contributed by atoms with Crippen LogP contribution in [0.3, 0.4) is 0 Å². The summed E-state index contributed by atoms with van der Waals surface area (Å²) in [5.74, 6) is 0. The zero-order valence-electron chi connectivity index (χ0n) is 26.4. The van der Waals surface area contributed by atoms with Crippen molar-refractivity contribution in [3.63, 3.8) is 0 Å². The van der Waals surface area contributed by atoms with Gasteiger partial charge >= 0.3 is 6.18 Å². The third-order valence-electron chi connectivity index (χ3n) is 7.70. The van der Waals surface area contributed by atoms with Crippen LogP contribution >= 0.6 is 0 Å². The monoisotopic (exact) mass is 619 g/mol.